The lowest BCUT2D eigenvalue weighted by atomic mass is 10.1. The van der Waals surface area contributed by atoms with Crippen LogP contribution in [-0.2, 0) is 17.6 Å². The molecule has 2 rings (SSSR count). The van der Waals surface area contributed by atoms with Crippen LogP contribution in [0.15, 0.2) is 36.7 Å². The molecule has 4 nitrogen and oxygen atoms in total. The summed E-state index contributed by atoms with van der Waals surface area (Å²) in [6.45, 7) is 0.660. The SMILES string of the molecule is O=C(Cc1ccc(Cl)cc1)NCCCc1ncc[nH]1. The maximum absolute atomic E-state index is 11.7. The molecule has 19 heavy (non-hydrogen) atoms. The minimum Gasteiger partial charge on any atom is -0.356 e. The molecule has 2 N–H and O–H groups in total. The van der Waals surface area contributed by atoms with E-state index in [0.717, 1.165) is 24.2 Å². The van der Waals surface area contributed by atoms with Crippen molar-refractivity contribution < 1.29 is 4.79 Å². The Bertz CT molecular complexity index is 508. The Morgan fingerprint density at radius 2 is 2.11 bits per heavy atom. The van der Waals surface area contributed by atoms with Gasteiger partial charge in [0.25, 0.3) is 0 Å². The number of H-pyrrole nitrogens is 1. The fraction of sp³-hybridized carbons (Fsp3) is 0.286. The molecule has 0 radical (unpaired) electrons. The van der Waals surface area contributed by atoms with Crippen molar-refractivity contribution in [3.8, 4) is 0 Å². The van der Waals surface area contributed by atoms with E-state index in [0.29, 0.717) is 18.0 Å². The van der Waals surface area contributed by atoms with Gasteiger partial charge in [0.2, 0.25) is 5.91 Å². The molecule has 0 fully saturated rings. The van der Waals surface area contributed by atoms with E-state index >= 15 is 0 Å². The van der Waals surface area contributed by atoms with Crippen molar-refractivity contribution in [3.05, 3.63) is 53.1 Å². The molecule has 0 bridgehead atoms. The van der Waals surface area contributed by atoms with E-state index in [1.165, 1.54) is 0 Å². The maximum Gasteiger partial charge on any atom is 0.224 e. The lowest BCUT2D eigenvalue weighted by Crippen LogP contribution is -2.26. The Morgan fingerprint density at radius 1 is 1.32 bits per heavy atom. The Hall–Kier alpha value is -1.81. The second-order valence-corrected chi connectivity index (χ2v) is 4.73. The third-order valence-electron chi connectivity index (χ3n) is 2.75. The van der Waals surface area contributed by atoms with Crippen LogP contribution < -0.4 is 5.32 Å². The molecule has 0 aliphatic carbocycles. The zero-order valence-electron chi connectivity index (χ0n) is 10.5. The van der Waals surface area contributed by atoms with Crippen LogP contribution in [-0.4, -0.2) is 22.4 Å². The third kappa shape index (κ3) is 4.75. The smallest absolute Gasteiger partial charge is 0.224 e. The van der Waals surface area contributed by atoms with E-state index in [9.17, 15) is 4.79 Å². The summed E-state index contributed by atoms with van der Waals surface area (Å²) in [6.07, 6.45) is 5.63. The minimum atomic E-state index is 0.0294. The largest absolute Gasteiger partial charge is 0.356 e. The number of aryl methyl sites for hydroxylation is 1. The van der Waals surface area contributed by atoms with Gasteiger partial charge in [-0.15, -0.1) is 0 Å². The summed E-state index contributed by atoms with van der Waals surface area (Å²) in [6, 6.07) is 7.32. The van der Waals surface area contributed by atoms with Gasteiger partial charge < -0.3 is 10.3 Å². The number of amides is 1. The first kappa shape index (κ1) is 13.6. The van der Waals surface area contributed by atoms with Crippen LogP contribution >= 0.6 is 11.6 Å². The van der Waals surface area contributed by atoms with Crippen LogP contribution in [0.25, 0.3) is 0 Å². The highest BCUT2D eigenvalue weighted by Crippen LogP contribution is 2.09. The van der Waals surface area contributed by atoms with Crippen molar-refractivity contribution in [1.82, 2.24) is 15.3 Å². The molecule has 1 heterocycles. The Kier molecular flexibility index (Phi) is 4.98. The monoisotopic (exact) mass is 277 g/mol. The predicted molar refractivity (Wildman–Crippen MR) is 75.1 cm³/mol. The first-order valence-electron chi connectivity index (χ1n) is 6.23. The molecule has 100 valence electrons. The fourth-order valence-electron chi connectivity index (χ4n) is 1.77. The summed E-state index contributed by atoms with van der Waals surface area (Å²) >= 11 is 5.79. The molecule has 2 aromatic rings. The first-order valence-corrected chi connectivity index (χ1v) is 6.61. The van der Waals surface area contributed by atoms with E-state index in [1.54, 1.807) is 24.5 Å². The van der Waals surface area contributed by atoms with E-state index in [1.807, 2.05) is 12.1 Å². The molecule has 0 aliphatic rings. The molecule has 0 aliphatic heterocycles. The number of aromatic nitrogens is 2. The molecule has 1 aromatic heterocycles. The van der Waals surface area contributed by atoms with Gasteiger partial charge in [-0.1, -0.05) is 23.7 Å². The van der Waals surface area contributed by atoms with Gasteiger partial charge in [0.05, 0.1) is 6.42 Å². The van der Waals surface area contributed by atoms with Gasteiger partial charge in [-0.25, -0.2) is 4.98 Å². The highest BCUT2D eigenvalue weighted by atomic mass is 35.5. The summed E-state index contributed by atoms with van der Waals surface area (Å²) in [7, 11) is 0. The maximum atomic E-state index is 11.7. The molecule has 1 aromatic carbocycles. The Morgan fingerprint density at radius 3 is 2.79 bits per heavy atom. The van der Waals surface area contributed by atoms with Crippen LogP contribution in [0, 0.1) is 0 Å². The summed E-state index contributed by atoms with van der Waals surface area (Å²) in [4.78, 5) is 18.9. The van der Waals surface area contributed by atoms with Crippen molar-refractivity contribution in [2.45, 2.75) is 19.3 Å². The molecule has 0 unspecified atom stereocenters. The first-order chi connectivity index (χ1) is 9.24. The van der Waals surface area contributed by atoms with Gasteiger partial charge in [0, 0.05) is 30.4 Å². The van der Waals surface area contributed by atoms with Crippen molar-refractivity contribution >= 4 is 17.5 Å². The molecule has 0 saturated heterocycles. The molecule has 0 saturated carbocycles. The number of carbonyl (C=O) groups is 1. The van der Waals surface area contributed by atoms with Gasteiger partial charge in [-0.2, -0.15) is 0 Å². The number of nitrogens with zero attached hydrogens (tertiary/aromatic N) is 1. The Labute approximate surface area is 117 Å². The number of benzene rings is 1. The van der Waals surface area contributed by atoms with Gasteiger partial charge in [-0.3, -0.25) is 4.79 Å². The van der Waals surface area contributed by atoms with Gasteiger partial charge in [-0.05, 0) is 24.1 Å². The molecule has 0 atom stereocenters. The van der Waals surface area contributed by atoms with Crippen LogP contribution in [0.2, 0.25) is 5.02 Å². The highest BCUT2D eigenvalue weighted by Gasteiger charge is 2.03. The van der Waals surface area contributed by atoms with Crippen LogP contribution in [0.1, 0.15) is 17.8 Å². The predicted octanol–water partition coefficient (Wildman–Crippen LogP) is 2.35. The van der Waals surface area contributed by atoms with Crippen molar-refractivity contribution in [2.75, 3.05) is 6.54 Å². The second-order valence-electron chi connectivity index (χ2n) is 4.29. The minimum absolute atomic E-state index is 0.0294. The Balaban J connectivity index is 1.65. The normalized spacial score (nSPS) is 10.4. The van der Waals surface area contributed by atoms with E-state index in [-0.39, 0.29) is 5.91 Å². The van der Waals surface area contributed by atoms with Gasteiger partial charge in [0.15, 0.2) is 0 Å². The third-order valence-corrected chi connectivity index (χ3v) is 3.00. The average molecular weight is 278 g/mol. The molecular weight excluding hydrogens is 262 g/mol. The summed E-state index contributed by atoms with van der Waals surface area (Å²) in [5, 5.41) is 3.58. The average Bonchev–Trinajstić information content (AvgIpc) is 2.91. The number of aromatic amines is 1. The topological polar surface area (TPSA) is 57.8 Å². The zero-order chi connectivity index (χ0) is 13.5. The number of hydrogen-bond donors (Lipinski definition) is 2. The zero-order valence-corrected chi connectivity index (χ0v) is 11.3. The standard InChI is InChI=1S/C14H16ClN3O/c15-12-5-3-11(4-6-12)10-14(19)18-7-1-2-13-16-8-9-17-13/h3-6,8-9H,1-2,7,10H2,(H,16,17)(H,18,19). The van der Waals surface area contributed by atoms with Crippen LogP contribution in [0.3, 0.4) is 0 Å². The summed E-state index contributed by atoms with van der Waals surface area (Å²) in [5.74, 6) is 0.980. The van der Waals surface area contributed by atoms with Crippen LogP contribution in [0.5, 0.6) is 0 Å². The van der Waals surface area contributed by atoms with E-state index < -0.39 is 0 Å². The quantitative estimate of drug-likeness (QED) is 0.797. The molecular formula is C14H16ClN3O. The number of carbonyl (C=O) groups excluding carboxylic acids is 1. The molecule has 0 spiro atoms. The molecule has 5 heteroatoms. The number of imidazole rings is 1. The molecule has 1 amide bonds. The van der Waals surface area contributed by atoms with E-state index in [4.69, 9.17) is 11.6 Å². The second kappa shape index (κ2) is 6.95. The summed E-state index contributed by atoms with van der Waals surface area (Å²) < 4.78 is 0. The van der Waals surface area contributed by atoms with Crippen molar-refractivity contribution in [3.63, 3.8) is 0 Å². The summed E-state index contributed by atoms with van der Waals surface area (Å²) in [5.41, 5.74) is 0.966. The lowest BCUT2D eigenvalue weighted by molar-refractivity contribution is -0.120. The number of hydrogen-bond acceptors (Lipinski definition) is 2. The van der Waals surface area contributed by atoms with E-state index in [2.05, 4.69) is 15.3 Å². The highest BCUT2D eigenvalue weighted by molar-refractivity contribution is 6.30. The van der Waals surface area contributed by atoms with Crippen molar-refractivity contribution in [1.29, 1.82) is 0 Å². The van der Waals surface area contributed by atoms with Gasteiger partial charge in [0.1, 0.15) is 5.82 Å². The number of halogens is 1. The van der Waals surface area contributed by atoms with Gasteiger partial charge >= 0.3 is 0 Å². The number of nitrogens with one attached hydrogen (secondary N) is 2. The lowest BCUT2D eigenvalue weighted by Gasteiger charge is -2.04. The number of rotatable bonds is 6. The fourth-order valence-corrected chi connectivity index (χ4v) is 1.89. The van der Waals surface area contributed by atoms with Crippen LogP contribution in [0.4, 0.5) is 0 Å². The van der Waals surface area contributed by atoms with Crippen molar-refractivity contribution in [2.24, 2.45) is 0 Å².